The zero-order valence-electron chi connectivity index (χ0n) is 3.06. The number of rotatable bonds is 0. The SMILES string of the molecule is Ic1noc(I)n1. The van der Waals surface area contributed by atoms with E-state index < -0.39 is 0 Å². The molecule has 0 N–H and O–H groups in total. The summed E-state index contributed by atoms with van der Waals surface area (Å²) in [7, 11) is 0. The first kappa shape index (κ1) is 5.73. The minimum atomic E-state index is 0.585. The van der Waals surface area contributed by atoms with E-state index in [4.69, 9.17) is 0 Å². The van der Waals surface area contributed by atoms with E-state index in [1.54, 1.807) is 0 Å². The molecule has 1 aromatic heterocycles. The standard InChI is InChI=1S/C2I2N2O/c3-1-5-2(4)7-6-1. The smallest absolute Gasteiger partial charge is 0.287 e. The normalized spacial score (nSPS) is 9.43. The van der Waals surface area contributed by atoms with Crippen LogP contribution in [0.3, 0.4) is 0 Å². The molecule has 0 atom stereocenters. The van der Waals surface area contributed by atoms with Crippen molar-refractivity contribution in [2.45, 2.75) is 0 Å². The zero-order chi connectivity index (χ0) is 5.28. The lowest BCUT2D eigenvalue weighted by Crippen LogP contribution is -1.68. The van der Waals surface area contributed by atoms with Crippen molar-refractivity contribution in [2.75, 3.05) is 0 Å². The molecule has 5 heteroatoms. The third-order valence-electron chi connectivity index (χ3n) is 0.376. The topological polar surface area (TPSA) is 38.9 Å². The van der Waals surface area contributed by atoms with Gasteiger partial charge < -0.3 is 4.52 Å². The van der Waals surface area contributed by atoms with E-state index in [0.717, 1.165) is 0 Å². The van der Waals surface area contributed by atoms with Crippen molar-refractivity contribution in [3.63, 3.8) is 0 Å². The molecule has 0 amide bonds. The van der Waals surface area contributed by atoms with Gasteiger partial charge in [-0.3, -0.25) is 0 Å². The Balaban J connectivity index is 3.04. The van der Waals surface area contributed by atoms with Crippen LogP contribution in [0, 0.1) is 7.73 Å². The first-order valence-corrected chi connectivity index (χ1v) is 3.59. The zero-order valence-corrected chi connectivity index (χ0v) is 7.37. The maximum atomic E-state index is 4.58. The van der Waals surface area contributed by atoms with Crippen molar-refractivity contribution < 1.29 is 4.52 Å². The monoisotopic (exact) mass is 322 g/mol. The van der Waals surface area contributed by atoms with E-state index in [9.17, 15) is 0 Å². The maximum absolute atomic E-state index is 4.58. The summed E-state index contributed by atoms with van der Waals surface area (Å²) >= 11 is 3.94. The third-order valence-corrected chi connectivity index (χ3v) is 1.25. The summed E-state index contributed by atoms with van der Waals surface area (Å²) in [6.07, 6.45) is 0. The van der Waals surface area contributed by atoms with E-state index in [1.165, 1.54) is 0 Å². The fourth-order valence-corrected chi connectivity index (χ4v) is 1.29. The molecule has 0 bridgehead atoms. The van der Waals surface area contributed by atoms with Gasteiger partial charge in [-0.1, -0.05) is 0 Å². The van der Waals surface area contributed by atoms with Crippen LogP contribution in [-0.4, -0.2) is 10.1 Å². The van der Waals surface area contributed by atoms with Gasteiger partial charge in [0.05, 0.1) is 0 Å². The number of nitrogens with zero attached hydrogens (tertiary/aromatic N) is 2. The van der Waals surface area contributed by atoms with E-state index in [-0.39, 0.29) is 0 Å². The Morgan fingerprint density at radius 1 is 1.43 bits per heavy atom. The van der Waals surface area contributed by atoms with Crippen LogP contribution in [0.4, 0.5) is 0 Å². The number of aromatic nitrogens is 2. The fourth-order valence-electron chi connectivity index (χ4n) is 0.189. The minimum absolute atomic E-state index is 0.585. The quantitative estimate of drug-likeness (QED) is 0.676. The Bertz CT molecular complexity index is 146. The molecule has 1 aromatic rings. The maximum Gasteiger partial charge on any atom is 0.287 e. The van der Waals surface area contributed by atoms with Crippen LogP contribution >= 0.6 is 45.2 Å². The molecule has 0 aromatic carbocycles. The van der Waals surface area contributed by atoms with Gasteiger partial charge in [-0.2, -0.15) is 4.98 Å². The molecule has 38 valence electrons. The molecule has 0 unspecified atom stereocenters. The number of halogens is 2. The van der Waals surface area contributed by atoms with Crippen molar-refractivity contribution in [2.24, 2.45) is 0 Å². The highest BCUT2D eigenvalue weighted by Gasteiger charge is 1.93. The van der Waals surface area contributed by atoms with Crippen LogP contribution in [-0.2, 0) is 0 Å². The summed E-state index contributed by atoms with van der Waals surface area (Å²) in [4.78, 5) is 3.81. The minimum Gasteiger partial charge on any atom is -0.327 e. The summed E-state index contributed by atoms with van der Waals surface area (Å²) < 4.78 is 5.82. The molecule has 3 nitrogen and oxygen atoms in total. The van der Waals surface area contributed by atoms with Crippen molar-refractivity contribution in [3.8, 4) is 0 Å². The average molecular weight is 322 g/mol. The molecule has 1 heterocycles. The second-order valence-corrected chi connectivity index (χ2v) is 2.70. The van der Waals surface area contributed by atoms with Gasteiger partial charge in [0, 0.05) is 45.2 Å². The molecule has 0 saturated carbocycles. The second-order valence-electron chi connectivity index (χ2n) is 0.816. The van der Waals surface area contributed by atoms with Gasteiger partial charge in [-0.15, -0.1) is 0 Å². The molecule has 1 rings (SSSR count). The predicted octanol–water partition coefficient (Wildman–Crippen LogP) is 1.28. The first-order valence-electron chi connectivity index (χ1n) is 1.44. The van der Waals surface area contributed by atoms with Crippen LogP contribution in [0.1, 0.15) is 0 Å². The number of hydrogen-bond acceptors (Lipinski definition) is 3. The van der Waals surface area contributed by atoms with Gasteiger partial charge in [-0.25, -0.2) is 0 Å². The summed E-state index contributed by atoms with van der Waals surface area (Å²) in [6.45, 7) is 0. The molecule has 0 saturated heterocycles. The van der Waals surface area contributed by atoms with Crippen LogP contribution in [0.15, 0.2) is 4.52 Å². The number of hydrogen-bond donors (Lipinski definition) is 0. The Morgan fingerprint density at radius 2 is 2.14 bits per heavy atom. The summed E-state index contributed by atoms with van der Waals surface area (Å²) in [5.41, 5.74) is 0. The van der Waals surface area contributed by atoms with Gasteiger partial charge in [0.25, 0.3) is 3.90 Å². The highest BCUT2D eigenvalue weighted by molar-refractivity contribution is 14.1. The van der Waals surface area contributed by atoms with Gasteiger partial charge >= 0.3 is 0 Å². The van der Waals surface area contributed by atoms with Crippen molar-refractivity contribution in [3.05, 3.63) is 7.73 Å². The lowest BCUT2D eigenvalue weighted by atomic mass is 11.3. The summed E-state index contributed by atoms with van der Waals surface area (Å²) in [5, 5.41) is 3.51. The van der Waals surface area contributed by atoms with Crippen LogP contribution in [0.2, 0.25) is 0 Å². The van der Waals surface area contributed by atoms with E-state index >= 15 is 0 Å². The van der Waals surface area contributed by atoms with E-state index in [2.05, 4.69) is 14.7 Å². The van der Waals surface area contributed by atoms with Gasteiger partial charge in [-0.05, 0) is 5.16 Å². The third kappa shape index (κ3) is 1.52. The first-order chi connectivity index (χ1) is 3.29. The largest absolute Gasteiger partial charge is 0.327 e. The molecular formula is C2I2N2O. The molecule has 0 spiro atoms. The Hall–Kier alpha value is 0.600. The van der Waals surface area contributed by atoms with Gasteiger partial charge in [0.1, 0.15) is 0 Å². The van der Waals surface area contributed by atoms with Crippen LogP contribution < -0.4 is 0 Å². The molecule has 0 aliphatic carbocycles. The highest BCUT2D eigenvalue weighted by Crippen LogP contribution is 2.01. The molecule has 0 fully saturated rings. The van der Waals surface area contributed by atoms with Crippen molar-refractivity contribution in [1.29, 1.82) is 0 Å². The van der Waals surface area contributed by atoms with Crippen LogP contribution in [0.25, 0.3) is 0 Å². The fraction of sp³-hybridized carbons (Fsp3) is 0. The Morgan fingerprint density at radius 3 is 2.29 bits per heavy atom. The van der Waals surface area contributed by atoms with Crippen molar-refractivity contribution in [1.82, 2.24) is 10.1 Å². The molecular weight excluding hydrogens is 322 g/mol. The average Bonchev–Trinajstić information content (AvgIpc) is 1.87. The molecule has 0 radical (unpaired) electrons. The molecule has 0 aliphatic rings. The van der Waals surface area contributed by atoms with Crippen molar-refractivity contribution >= 4 is 45.2 Å². The van der Waals surface area contributed by atoms with E-state index in [1.807, 2.05) is 45.2 Å². The predicted molar refractivity (Wildman–Crippen MR) is 39.7 cm³/mol. The lowest BCUT2D eigenvalue weighted by Gasteiger charge is -1.60. The van der Waals surface area contributed by atoms with Crippen LogP contribution in [0.5, 0.6) is 0 Å². The van der Waals surface area contributed by atoms with Gasteiger partial charge in [0.2, 0.25) is 3.83 Å². The second kappa shape index (κ2) is 2.25. The summed E-state index contributed by atoms with van der Waals surface area (Å²) in [6, 6.07) is 0. The molecule has 0 aliphatic heterocycles. The lowest BCUT2D eigenvalue weighted by molar-refractivity contribution is 0.389. The van der Waals surface area contributed by atoms with Gasteiger partial charge in [0.15, 0.2) is 0 Å². The summed E-state index contributed by atoms with van der Waals surface area (Å²) in [5.74, 6) is 0. The highest BCUT2D eigenvalue weighted by atomic mass is 127. The molecule has 7 heavy (non-hydrogen) atoms. The Kier molecular flexibility index (Phi) is 1.84. The van der Waals surface area contributed by atoms with E-state index in [0.29, 0.717) is 7.73 Å². The Labute approximate surface area is 67.1 Å².